The molecule has 7 nitrogen and oxygen atoms in total. The van der Waals surface area contributed by atoms with Gasteiger partial charge in [-0.15, -0.1) is 0 Å². The molecule has 2 aromatic rings. The second kappa shape index (κ2) is 9.01. The molecule has 0 amide bonds. The van der Waals surface area contributed by atoms with Gasteiger partial charge in [0, 0.05) is 38.2 Å². The van der Waals surface area contributed by atoms with E-state index in [9.17, 15) is 9.90 Å². The summed E-state index contributed by atoms with van der Waals surface area (Å²) in [5.41, 5.74) is 2.47. The number of nitrogens with zero attached hydrogens (tertiary/aromatic N) is 3. The van der Waals surface area contributed by atoms with Crippen molar-refractivity contribution in [1.29, 1.82) is 0 Å². The highest BCUT2D eigenvalue weighted by Gasteiger charge is 2.30. The van der Waals surface area contributed by atoms with E-state index >= 15 is 0 Å². The van der Waals surface area contributed by atoms with E-state index in [0.29, 0.717) is 6.04 Å². The maximum atomic E-state index is 12.4. The predicted octanol–water partition coefficient (Wildman–Crippen LogP) is 2.41. The third kappa shape index (κ3) is 4.34. The molecule has 3 atom stereocenters. The van der Waals surface area contributed by atoms with Gasteiger partial charge in [0.1, 0.15) is 11.6 Å². The fourth-order valence-corrected chi connectivity index (χ4v) is 5.26. The van der Waals surface area contributed by atoms with Crippen LogP contribution in [0.3, 0.4) is 0 Å². The smallest absolute Gasteiger partial charge is 0.267 e. The average Bonchev–Trinajstić information content (AvgIpc) is 3.43. The van der Waals surface area contributed by atoms with Crippen LogP contribution in [0.4, 0.5) is 5.82 Å². The number of piperidine rings is 1. The number of fused-ring (bicyclic) bond motifs is 1. The van der Waals surface area contributed by atoms with Gasteiger partial charge in [-0.2, -0.15) is 5.10 Å². The molecule has 1 aromatic carbocycles. The highest BCUT2D eigenvalue weighted by molar-refractivity contribution is 5.40. The van der Waals surface area contributed by atoms with E-state index < -0.39 is 6.10 Å². The van der Waals surface area contributed by atoms with Gasteiger partial charge in [-0.1, -0.05) is 12.1 Å². The van der Waals surface area contributed by atoms with Gasteiger partial charge < -0.3 is 20.1 Å². The fraction of sp³-hybridized carbons (Fsp3) is 0.583. The largest absolute Gasteiger partial charge is 0.493 e. The Bertz CT molecular complexity index is 976. The molecule has 3 unspecified atom stereocenters. The van der Waals surface area contributed by atoms with Crippen molar-refractivity contribution in [2.24, 2.45) is 0 Å². The van der Waals surface area contributed by atoms with Crippen LogP contribution in [-0.4, -0.2) is 46.7 Å². The summed E-state index contributed by atoms with van der Waals surface area (Å²) >= 11 is 0. The Labute approximate surface area is 183 Å². The lowest BCUT2D eigenvalue weighted by atomic mass is 10.0. The van der Waals surface area contributed by atoms with Crippen molar-refractivity contribution >= 4 is 5.82 Å². The minimum absolute atomic E-state index is 0.123. The lowest BCUT2D eigenvalue weighted by molar-refractivity contribution is 0.127. The van der Waals surface area contributed by atoms with E-state index in [4.69, 9.17) is 9.84 Å². The van der Waals surface area contributed by atoms with Crippen LogP contribution < -0.4 is 20.5 Å². The molecule has 2 aliphatic heterocycles. The van der Waals surface area contributed by atoms with E-state index in [1.807, 2.05) is 6.07 Å². The van der Waals surface area contributed by atoms with Crippen LogP contribution in [0.25, 0.3) is 0 Å². The number of hydrogen-bond acceptors (Lipinski definition) is 6. The molecule has 31 heavy (non-hydrogen) atoms. The van der Waals surface area contributed by atoms with Crippen LogP contribution in [0.2, 0.25) is 0 Å². The molecule has 1 saturated heterocycles. The van der Waals surface area contributed by atoms with E-state index in [1.54, 1.807) is 6.07 Å². The van der Waals surface area contributed by atoms with Crippen molar-refractivity contribution in [1.82, 2.24) is 15.1 Å². The Morgan fingerprint density at radius 3 is 2.94 bits per heavy atom. The molecule has 2 N–H and O–H groups in total. The molecule has 5 rings (SSSR count). The molecule has 0 radical (unpaired) electrons. The summed E-state index contributed by atoms with van der Waals surface area (Å²) < 4.78 is 7.13. The lowest BCUT2D eigenvalue weighted by Crippen LogP contribution is -2.46. The van der Waals surface area contributed by atoms with Gasteiger partial charge in [0.15, 0.2) is 0 Å². The van der Waals surface area contributed by atoms with Crippen molar-refractivity contribution in [2.75, 3.05) is 24.6 Å². The summed E-state index contributed by atoms with van der Waals surface area (Å²) in [6.07, 6.45) is 6.47. The molecular weight excluding hydrogens is 392 g/mol. The number of aliphatic hydroxyl groups excluding tert-OH is 1. The summed E-state index contributed by atoms with van der Waals surface area (Å²) in [4.78, 5) is 14.8. The first-order valence-corrected chi connectivity index (χ1v) is 11.7. The fourth-order valence-electron chi connectivity index (χ4n) is 5.26. The molecule has 3 heterocycles. The van der Waals surface area contributed by atoms with Gasteiger partial charge >= 0.3 is 0 Å². The standard InChI is InChI=1S/C24H32N4O3/c29-21-6-3-5-20(21)28-24(30)10-9-23(26-28)27-12-2-1-4-19(27)16-25-15-17-7-8-22-18(14-17)11-13-31-22/h7-10,14,19-21,25,29H,1-6,11-13,15-16H2. The van der Waals surface area contributed by atoms with Crippen LogP contribution in [-0.2, 0) is 13.0 Å². The third-order valence-corrected chi connectivity index (χ3v) is 6.95. The average molecular weight is 425 g/mol. The van der Waals surface area contributed by atoms with Crippen molar-refractivity contribution in [2.45, 2.75) is 69.7 Å². The van der Waals surface area contributed by atoms with Gasteiger partial charge in [-0.3, -0.25) is 4.79 Å². The number of anilines is 1. The van der Waals surface area contributed by atoms with E-state index in [0.717, 1.165) is 76.3 Å². The molecule has 166 valence electrons. The molecule has 1 saturated carbocycles. The van der Waals surface area contributed by atoms with Gasteiger partial charge in [-0.25, -0.2) is 4.68 Å². The minimum Gasteiger partial charge on any atom is -0.493 e. The number of ether oxygens (including phenoxy) is 1. The summed E-state index contributed by atoms with van der Waals surface area (Å²) in [7, 11) is 0. The second-order valence-corrected chi connectivity index (χ2v) is 9.05. The summed E-state index contributed by atoms with van der Waals surface area (Å²) in [6, 6.07) is 10.1. The number of aliphatic hydroxyl groups is 1. The molecule has 1 aromatic heterocycles. The van der Waals surface area contributed by atoms with Gasteiger partial charge in [0.05, 0.1) is 18.8 Å². The number of hydrogen-bond donors (Lipinski definition) is 2. The minimum atomic E-state index is -0.475. The Balaban J connectivity index is 1.27. The highest BCUT2D eigenvalue weighted by Crippen LogP contribution is 2.30. The van der Waals surface area contributed by atoms with Crippen molar-refractivity contribution in [3.05, 3.63) is 51.8 Å². The maximum Gasteiger partial charge on any atom is 0.267 e. The number of aromatic nitrogens is 2. The zero-order chi connectivity index (χ0) is 21.2. The Kier molecular flexibility index (Phi) is 5.96. The van der Waals surface area contributed by atoms with E-state index in [1.165, 1.54) is 22.2 Å². The first kappa shape index (κ1) is 20.5. The SMILES string of the molecule is O=c1ccc(N2CCCCC2CNCc2ccc3c(c2)CCO3)nn1C1CCCC1O. The maximum absolute atomic E-state index is 12.4. The van der Waals surface area contributed by atoms with Crippen molar-refractivity contribution in [3.63, 3.8) is 0 Å². The Hall–Kier alpha value is -2.38. The van der Waals surface area contributed by atoms with Crippen LogP contribution >= 0.6 is 0 Å². The first-order valence-electron chi connectivity index (χ1n) is 11.7. The molecule has 3 aliphatic rings. The number of rotatable bonds is 6. The lowest BCUT2D eigenvalue weighted by Gasteiger charge is -2.37. The topological polar surface area (TPSA) is 79.6 Å². The molecule has 0 bridgehead atoms. The molecular formula is C24H32N4O3. The Morgan fingerprint density at radius 1 is 1.13 bits per heavy atom. The quantitative estimate of drug-likeness (QED) is 0.741. The molecule has 0 spiro atoms. The van der Waals surface area contributed by atoms with Crippen LogP contribution in [0, 0.1) is 0 Å². The number of nitrogens with one attached hydrogen (secondary N) is 1. The second-order valence-electron chi connectivity index (χ2n) is 9.05. The third-order valence-electron chi connectivity index (χ3n) is 6.95. The molecule has 2 fully saturated rings. The van der Waals surface area contributed by atoms with E-state index in [2.05, 4.69) is 28.4 Å². The van der Waals surface area contributed by atoms with Crippen LogP contribution in [0.1, 0.15) is 55.7 Å². The zero-order valence-electron chi connectivity index (χ0n) is 18.0. The summed E-state index contributed by atoms with van der Waals surface area (Å²) in [5, 5.41) is 18.6. The van der Waals surface area contributed by atoms with Gasteiger partial charge in [0.2, 0.25) is 0 Å². The van der Waals surface area contributed by atoms with Gasteiger partial charge in [-0.05, 0) is 61.8 Å². The molecule has 7 heteroatoms. The van der Waals surface area contributed by atoms with Crippen molar-refractivity contribution in [3.8, 4) is 5.75 Å². The highest BCUT2D eigenvalue weighted by atomic mass is 16.5. The first-order chi connectivity index (χ1) is 15.2. The molecule has 1 aliphatic carbocycles. The summed E-state index contributed by atoms with van der Waals surface area (Å²) in [6.45, 7) is 3.44. The Morgan fingerprint density at radius 2 is 2.06 bits per heavy atom. The summed E-state index contributed by atoms with van der Waals surface area (Å²) in [5.74, 6) is 1.87. The normalized spacial score (nSPS) is 25.5. The monoisotopic (exact) mass is 424 g/mol. The van der Waals surface area contributed by atoms with Gasteiger partial charge in [0.25, 0.3) is 5.56 Å². The van der Waals surface area contributed by atoms with E-state index in [-0.39, 0.29) is 11.6 Å². The van der Waals surface area contributed by atoms with Crippen LogP contribution in [0.5, 0.6) is 5.75 Å². The number of benzene rings is 1. The zero-order valence-corrected chi connectivity index (χ0v) is 18.0. The predicted molar refractivity (Wildman–Crippen MR) is 120 cm³/mol. The van der Waals surface area contributed by atoms with Crippen LogP contribution in [0.15, 0.2) is 35.1 Å². The van der Waals surface area contributed by atoms with Crippen molar-refractivity contribution < 1.29 is 9.84 Å².